The summed E-state index contributed by atoms with van der Waals surface area (Å²) in [6.45, 7) is 0. The van der Waals surface area contributed by atoms with Crippen LogP contribution < -0.4 is 11.0 Å². The van der Waals surface area contributed by atoms with Gasteiger partial charge in [-0.05, 0) is 84.9 Å². The van der Waals surface area contributed by atoms with E-state index in [-0.39, 0.29) is 35.8 Å². The minimum atomic E-state index is -5.83. The first-order valence-corrected chi connectivity index (χ1v) is 33.2. The summed E-state index contributed by atoms with van der Waals surface area (Å²) in [5, 5.41) is 118. The first-order valence-electron chi connectivity index (χ1n) is 23.1. The summed E-state index contributed by atoms with van der Waals surface area (Å²) >= 11 is -0.205. The maximum absolute atomic E-state index is 13.3. The van der Waals surface area contributed by atoms with Gasteiger partial charge in [0.15, 0.2) is 17.2 Å². The molecule has 0 aliphatic carbocycles. The number of aromatic carboxylic acids is 1. The number of nitrogens with zero attached hydrogens (tertiary/aromatic N) is 11. The summed E-state index contributed by atoms with van der Waals surface area (Å²) in [5.41, 5.74) is -4.70. The summed E-state index contributed by atoms with van der Waals surface area (Å²) in [7, 11) is -32.7. The van der Waals surface area contributed by atoms with Crippen LogP contribution in [-0.2, 0) is 79.5 Å². The molecule has 0 saturated carbocycles. The Balaban J connectivity index is 1.28. The predicted molar refractivity (Wildman–Crippen MR) is 305 cm³/mol. The number of rotatable bonds is 23. The molecule has 0 fully saturated rings. The Bertz CT molecular complexity index is 5310. The molecule has 0 aliphatic heterocycles. The highest BCUT2D eigenvalue weighted by Gasteiger charge is 2.32. The number of nitrogens with two attached hydrogens (primary N) is 1. The zero-order chi connectivity index (χ0) is 68.8. The first-order chi connectivity index (χ1) is 43.2. The van der Waals surface area contributed by atoms with E-state index in [0.29, 0.717) is 41.1 Å². The summed E-state index contributed by atoms with van der Waals surface area (Å²) in [6, 6.07) is 9.13. The minimum Gasteiger partial charge on any atom is -0.733 e. The second-order valence-corrected chi connectivity index (χ2v) is 27.3. The van der Waals surface area contributed by atoms with Gasteiger partial charge in [-0.25, -0.2) is 15.3 Å². The monoisotopic (exact) mass is 1450 g/mol. The number of hydrogen-bond donors (Lipinski definition) is 14. The van der Waals surface area contributed by atoms with Crippen molar-refractivity contribution in [2.45, 2.75) is 39.2 Å². The second-order valence-electron chi connectivity index (χ2n) is 17.4. The Morgan fingerprint density at radius 2 is 1.04 bits per heavy atom. The number of anilines is 2. The molecular weight excluding hydrogens is 1430 g/mol. The molecule has 0 aliphatic rings. The fourth-order valence-electron chi connectivity index (χ4n) is 7.97. The van der Waals surface area contributed by atoms with Gasteiger partial charge in [0.05, 0.1) is 61.2 Å². The molecule has 43 nitrogen and oxygen atoms in total. The number of aromatic nitrogens is 2. The molecule has 8 aromatic rings. The molecule has 7 aromatic carbocycles. The van der Waals surface area contributed by atoms with E-state index < -0.39 is 213 Å². The summed E-state index contributed by atoms with van der Waals surface area (Å²) in [6.07, 6.45) is 0. The van der Waals surface area contributed by atoms with Crippen LogP contribution in [0.1, 0.15) is 10.5 Å². The number of fused-ring (bicyclic) bond motifs is 2. The van der Waals surface area contributed by atoms with Crippen molar-refractivity contribution in [1.82, 2.24) is 9.78 Å². The summed E-state index contributed by atoms with van der Waals surface area (Å²) in [4.78, 5) is 3.51. The number of azo groups is 4. The first kappa shape index (κ1) is 69.9. The van der Waals surface area contributed by atoms with Crippen LogP contribution in [0.4, 0.5) is 56.9 Å². The van der Waals surface area contributed by atoms with E-state index in [1.807, 2.05) is 0 Å². The molecule has 51 heteroatoms. The van der Waals surface area contributed by atoms with Crippen LogP contribution in [0.25, 0.3) is 27.2 Å². The Labute approximate surface area is 523 Å². The van der Waals surface area contributed by atoms with Crippen LogP contribution in [-0.4, -0.2) is 130 Å². The number of phenolic OH excluding ortho intramolecular Hbond substituents is 2. The van der Waals surface area contributed by atoms with E-state index in [1.165, 1.54) is 0 Å². The van der Waals surface area contributed by atoms with Crippen LogP contribution >= 0.6 is 24.1 Å². The van der Waals surface area contributed by atoms with Gasteiger partial charge in [0, 0.05) is 16.2 Å². The second kappa shape index (κ2) is 26.2. The van der Waals surface area contributed by atoms with E-state index in [9.17, 15) is 113 Å². The van der Waals surface area contributed by atoms with Crippen LogP contribution in [0.15, 0.2) is 165 Å². The molecule has 0 unspecified atom stereocenters. The molecule has 0 atom stereocenters. The van der Waals surface area contributed by atoms with Crippen LogP contribution in [0.3, 0.4) is 0 Å². The number of benzene rings is 7. The standard InChI is InChI=1S/C42H29N12O31S8/c43-33-25(13-28(89(67,68)69)20-10-27(87-85-83-63)34(39(56)32(20)33)49-44-21-7-3-16(54(60)61)9-29(21)90(70,71)72)48-45-22-8-6-18-19(40(22)93(79,80)81)11-31(92(76,77)78)35(38(18)55)50-46-23-12-24(30(91(73,74)75)14-26(23)86-84-82-62)47-51-36-37(42(58)59)52-53(41(36)57)15-1-4-17(5-2-15)88(64,65)66/h1-14,55-57,60,62-63H,43H2,(H,58,59)(H,64,65,66)(H,67,68,69)(H,70,71,72)(H,73,74,75)(H,76,77,78)(H,79,80,81)/q-1. The molecule has 1 heterocycles. The quantitative estimate of drug-likeness (QED) is 0.00715. The van der Waals surface area contributed by atoms with Crippen molar-refractivity contribution >= 4 is 169 Å². The number of carbonyl (C=O) groups is 1. The van der Waals surface area contributed by atoms with Gasteiger partial charge < -0.3 is 36.6 Å². The van der Waals surface area contributed by atoms with Crippen molar-refractivity contribution in [3.63, 3.8) is 0 Å². The third-order valence-corrected chi connectivity index (χ3v) is 18.4. The van der Waals surface area contributed by atoms with Gasteiger partial charge in [-0.2, -0.15) is 60.3 Å². The average molecular weight is 1450 g/mol. The molecule has 0 bridgehead atoms. The maximum Gasteiger partial charge on any atom is 0.358 e. The predicted octanol–water partition coefficient (Wildman–Crippen LogP) is 8.27. The van der Waals surface area contributed by atoms with Crippen molar-refractivity contribution < 1.29 is 138 Å². The lowest BCUT2D eigenvalue weighted by Crippen LogP contribution is -2.08. The number of carboxylic acid groups (broad SMARTS) is 1. The molecule has 0 spiro atoms. The van der Waals surface area contributed by atoms with Crippen LogP contribution in [0.5, 0.6) is 17.4 Å². The number of hydrogen-bond acceptors (Lipinski definition) is 37. The van der Waals surface area contributed by atoms with Gasteiger partial charge in [-0.3, -0.25) is 32.5 Å². The number of phenols is 2. The van der Waals surface area contributed by atoms with Gasteiger partial charge in [0.1, 0.15) is 64.3 Å². The van der Waals surface area contributed by atoms with Crippen LogP contribution in [0, 0.1) is 5.21 Å². The van der Waals surface area contributed by atoms with Crippen molar-refractivity contribution in [3.05, 3.63) is 95.8 Å². The zero-order valence-electron chi connectivity index (χ0n) is 44.0. The minimum absolute atomic E-state index is 0.0610. The molecule has 492 valence electrons. The van der Waals surface area contributed by atoms with Gasteiger partial charge >= 0.3 is 5.97 Å². The zero-order valence-corrected chi connectivity index (χ0v) is 50.5. The van der Waals surface area contributed by atoms with Gasteiger partial charge in [0.25, 0.3) is 60.7 Å². The fraction of sp³-hybridized carbons (Fsp3) is 0. The van der Waals surface area contributed by atoms with E-state index in [1.54, 1.807) is 0 Å². The number of nitrogen functional groups attached to an aromatic ring is 1. The lowest BCUT2D eigenvalue weighted by molar-refractivity contribution is -0.432. The van der Waals surface area contributed by atoms with E-state index in [0.717, 1.165) is 42.5 Å². The van der Waals surface area contributed by atoms with Crippen molar-refractivity contribution in [2.75, 3.05) is 11.0 Å². The SMILES string of the molecule is Nc1c(N=Nc2ccc3c(O)c(N=Nc4cc(N=Nc5c(C(=O)O)nn(-c6ccc(S(=O)(=O)O)cc6)c5O)c(S(=O)(=O)O)cc4SOOO)c(S(=O)(=O)O)cc3c2S(=O)(=O)O)cc(S(=O)(=O)O)c2cc(SOOO)c(N=Nc3ccc(N([O-])O)cc3S(=O)(=O)O)c(O)c12. The molecule has 0 radical (unpaired) electrons. The average Bonchev–Trinajstić information content (AvgIpc) is 1.40. The highest BCUT2D eigenvalue weighted by atomic mass is 32.2. The molecule has 15 N–H and O–H groups in total. The summed E-state index contributed by atoms with van der Waals surface area (Å²) in [5.74, 6) is -5.81. The maximum atomic E-state index is 13.3. The molecule has 1 aromatic heterocycles. The Morgan fingerprint density at radius 3 is 1.60 bits per heavy atom. The van der Waals surface area contributed by atoms with Crippen molar-refractivity contribution in [1.29, 1.82) is 0 Å². The largest absolute Gasteiger partial charge is 0.733 e. The van der Waals surface area contributed by atoms with Gasteiger partial charge in [-0.15, -0.1) is 49.6 Å². The highest BCUT2D eigenvalue weighted by Crippen LogP contribution is 2.52. The van der Waals surface area contributed by atoms with E-state index in [2.05, 4.69) is 64.8 Å². The highest BCUT2D eigenvalue weighted by molar-refractivity contribution is 7.95. The third kappa shape index (κ3) is 14.9. The van der Waals surface area contributed by atoms with Crippen molar-refractivity contribution in [3.8, 4) is 23.1 Å². The topological polar surface area (TPSA) is 691 Å². The lowest BCUT2D eigenvalue weighted by Gasteiger charge is -2.22. The number of carboxylic acids is 1. The Kier molecular flexibility index (Phi) is 19.7. The third-order valence-electron chi connectivity index (χ3n) is 11.8. The molecular formula is C42H29N12O31S8-. The number of aromatic hydroxyl groups is 3. The van der Waals surface area contributed by atoms with Gasteiger partial charge in [-0.1, -0.05) is 10.1 Å². The van der Waals surface area contributed by atoms with Crippen LogP contribution in [0.2, 0.25) is 0 Å². The summed E-state index contributed by atoms with van der Waals surface area (Å²) < 4.78 is 221. The van der Waals surface area contributed by atoms with Crippen molar-refractivity contribution in [2.24, 2.45) is 40.9 Å². The molecule has 8 rings (SSSR count). The van der Waals surface area contributed by atoms with E-state index >= 15 is 0 Å². The van der Waals surface area contributed by atoms with Gasteiger partial charge in [0.2, 0.25) is 11.6 Å². The lowest BCUT2D eigenvalue weighted by atomic mass is 10.0. The fourth-order valence-corrected chi connectivity index (χ4v) is 12.9. The Hall–Kier alpha value is -9.02. The van der Waals surface area contributed by atoms with E-state index in [4.69, 9.17) is 16.2 Å². The molecule has 93 heavy (non-hydrogen) atoms. The molecule has 0 amide bonds. The normalized spacial score (nSPS) is 13.1. The smallest absolute Gasteiger partial charge is 0.358 e. The Morgan fingerprint density at radius 1 is 0.516 bits per heavy atom. The molecule has 0 saturated heterocycles.